The van der Waals surface area contributed by atoms with E-state index in [1.165, 1.54) is 25.2 Å². The maximum absolute atomic E-state index is 10.4. The number of benzene rings is 1. The molecule has 5 nitrogen and oxygen atoms in total. The fourth-order valence-corrected chi connectivity index (χ4v) is 2.86. The lowest BCUT2D eigenvalue weighted by atomic mass is 10.0. The van der Waals surface area contributed by atoms with Crippen LogP contribution in [0.15, 0.2) is 29.2 Å². The highest BCUT2D eigenvalue weighted by Gasteiger charge is 2.35. The topological polar surface area (TPSA) is 83.0 Å². The number of rotatable bonds is 1. The lowest BCUT2D eigenvalue weighted by Crippen LogP contribution is -2.82. The van der Waals surface area contributed by atoms with E-state index in [1.54, 1.807) is 12.1 Å². The van der Waals surface area contributed by atoms with Crippen molar-refractivity contribution in [2.45, 2.75) is 11.8 Å². The standard InChI is InChI=1S/C7H8O3S.C6H11NO/c1-6-2-4-7(5-3-6)11(8,9)10;1-5-3-8-4-6(5)2-7-1/h2-5H,1H3,(H,8,9,10);5-7H,1-4H2. The van der Waals surface area contributed by atoms with Gasteiger partial charge in [-0.15, -0.1) is 0 Å². The molecular weight excluding hydrogens is 266 g/mol. The SMILES string of the molecule is C1[NH2+]CC2COCC12.Cc1ccc(S(=O)(=O)[O-])cc1. The van der Waals surface area contributed by atoms with Gasteiger partial charge in [0.2, 0.25) is 0 Å². The van der Waals surface area contributed by atoms with Crippen molar-refractivity contribution in [1.29, 1.82) is 0 Å². The third kappa shape index (κ3) is 4.01. The van der Waals surface area contributed by atoms with Crippen molar-refractivity contribution < 1.29 is 23.0 Å². The van der Waals surface area contributed by atoms with Gasteiger partial charge in [-0.05, 0) is 19.1 Å². The maximum Gasteiger partial charge on any atom is 0.124 e. The fraction of sp³-hybridized carbons (Fsp3) is 0.538. The Labute approximate surface area is 113 Å². The lowest BCUT2D eigenvalue weighted by Gasteiger charge is -2.05. The molecule has 3 rings (SSSR count). The quantitative estimate of drug-likeness (QED) is 0.720. The first-order valence-corrected chi connectivity index (χ1v) is 7.79. The molecule has 1 aromatic carbocycles. The smallest absolute Gasteiger partial charge is 0.124 e. The fourth-order valence-electron chi connectivity index (χ4n) is 2.39. The van der Waals surface area contributed by atoms with Crippen LogP contribution in [0, 0.1) is 18.8 Å². The van der Waals surface area contributed by atoms with E-state index in [0.717, 1.165) is 30.6 Å². The van der Waals surface area contributed by atoms with E-state index in [4.69, 9.17) is 4.74 Å². The zero-order valence-electron chi connectivity index (χ0n) is 10.9. The van der Waals surface area contributed by atoms with Crippen LogP contribution in [0.1, 0.15) is 5.56 Å². The second-order valence-electron chi connectivity index (χ2n) is 5.08. The Morgan fingerprint density at radius 3 is 2.16 bits per heavy atom. The number of ether oxygens (including phenoxy) is 1. The number of hydrogen-bond donors (Lipinski definition) is 1. The van der Waals surface area contributed by atoms with Gasteiger partial charge >= 0.3 is 0 Å². The summed E-state index contributed by atoms with van der Waals surface area (Å²) in [5.74, 6) is 1.80. The molecule has 0 amide bonds. The maximum atomic E-state index is 10.4. The highest BCUT2D eigenvalue weighted by Crippen LogP contribution is 2.19. The highest BCUT2D eigenvalue weighted by molar-refractivity contribution is 7.85. The van der Waals surface area contributed by atoms with Crippen molar-refractivity contribution in [2.24, 2.45) is 11.8 Å². The Kier molecular flexibility index (Phi) is 4.57. The summed E-state index contributed by atoms with van der Waals surface area (Å²) in [5, 5.41) is 2.40. The molecule has 0 saturated carbocycles. The van der Waals surface area contributed by atoms with Crippen molar-refractivity contribution in [2.75, 3.05) is 26.3 Å². The Morgan fingerprint density at radius 2 is 1.68 bits per heavy atom. The Balaban J connectivity index is 0.000000146. The van der Waals surface area contributed by atoms with Crippen LogP contribution in [0.4, 0.5) is 0 Å². The monoisotopic (exact) mass is 285 g/mol. The van der Waals surface area contributed by atoms with Crippen molar-refractivity contribution >= 4 is 10.1 Å². The van der Waals surface area contributed by atoms with Crippen LogP contribution in [-0.4, -0.2) is 39.3 Å². The van der Waals surface area contributed by atoms with Crippen LogP contribution in [-0.2, 0) is 14.9 Å². The molecule has 0 spiro atoms. The minimum absolute atomic E-state index is 0.178. The van der Waals surface area contributed by atoms with E-state index in [-0.39, 0.29) is 4.90 Å². The second kappa shape index (κ2) is 6.00. The average Bonchev–Trinajstić information content (AvgIpc) is 2.91. The highest BCUT2D eigenvalue weighted by atomic mass is 32.2. The molecule has 0 aromatic heterocycles. The number of quaternary nitrogens is 1. The molecule has 1 aromatic rings. The van der Waals surface area contributed by atoms with E-state index in [1.807, 2.05) is 6.92 Å². The Morgan fingerprint density at radius 1 is 1.16 bits per heavy atom. The van der Waals surface area contributed by atoms with Gasteiger partial charge in [-0.25, -0.2) is 8.42 Å². The van der Waals surface area contributed by atoms with E-state index in [9.17, 15) is 13.0 Å². The zero-order chi connectivity index (χ0) is 13.9. The molecule has 2 aliphatic rings. The second-order valence-corrected chi connectivity index (χ2v) is 6.46. The van der Waals surface area contributed by atoms with E-state index in [2.05, 4.69) is 5.32 Å². The first-order chi connectivity index (χ1) is 8.97. The summed E-state index contributed by atoms with van der Waals surface area (Å²) in [4.78, 5) is -0.178. The van der Waals surface area contributed by atoms with E-state index < -0.39 is 10.1 Å². The first-order valence-electron chi connectivity index (χ1n) is 6.39. The van der Waals surface area contributed by atoms with Gasteiger partial charge in [0.1, 0.15) is 10.1 Å². The molecule has 106 valence electrons. The van der Waals surface area contributed by atoms with Gasteiger partial charge in [0.25, 0.3) is 0 Å². The third-order valence-electron chi connectivity index (χ3n) is 3.58. The van der Waals surface area contributed by atoms with Gasteiger partial charge in [-0.2, -0.15) is 0 Å². The van der Waals surface area contributed by atoms with Crippen molar-refractivity contribution in [3.63, 3.8) is 0 Å². The van der Waals surface area contributed by atoms with Crippen LogP contribution in [0.5, 0.6) is 0 Å². The average molecular weight is 285 g/mol. The molecule has 2 unspecified atom stereocenters. The van der Waals surface area contributed by atoms with Crippen molar-refractivity contribution in [1.82, 2.24) is 0 Å². The number of fused-ring (bicyclic) bond motifs is 1. The molecule has 2 saturated heterocycles. The largest absolute Gasteiger partial charge is 0.744 e. The van der Waals surface area contributed by atoms with Gasteiger partial charge in [-0.1, -0.05) is 17.7 Å². The number of aryl methyl sites for hydroxylation is 1. The molecule has 0 radical (unpaired) electrons. The van der Waals surface area contributed by atoms with Gasteiger partial charge in [0.15, 0.2) is 0 Å². The molecule has 2 aliphatic heterocycles. The first kappa shape index (κ1) is 14.5. The summed E-state index contributed by atoms with van der Waals surface area (Å²) in [5.41, 5.74) is 0.928. The van der Waals surface area contributed by atoms with Gasteiger partial charge in [-0.3, -0.25) is 0 Å². The van der Waals surface area contributed by atoms with Crippen LogP contribution in [0.3, 0.4) is 0 Å². The van der Waals surface area contributed by atoms with Crippen molar-refractivity contribution in [3.05, 3.63) is 29.8 Å². The summed E-state index contributed by atoms with van der Waals surface area (Å²) < 4.78 is 36.5. The predicted molar refractivity (Wildman–Crippen MR) is 68.6 cm³/mol. The molecule has 6 heteroatoms. The third-order valence-corrected chi connectivity index (χ3v) is 4.43. The molecular formula is C13H19NO4S. The summed E-state index contributed by atoms with van der Waals surface area (Å²) in [6.45, 7) is 6.50. The summed E-state index contributed by atoms with van der Waals surface area (Å²) >= 11 is 0. The molecule has 2 fully saturated rings. The van der Waals surface area contributed by atoms with Gasteiger partial charge in [0.05, 0.1) is 31.2 Å². The van der Waals surface area contributed by atoms with Crippen LogP contribution >= 0.6 is 0 Å². The molecule has 2 heterocycles. The molecule has 0 bridgehead atoms. The minimum atomic E-state index is -4.27. The summed E-state index contributed by atoms with van der Waals surface area (Å²) in [7, 11) is -4.27. The van der Waals surface area contributed by atoms with Crippen molar-refractivity contribution in [3.8, 4) is 0 Å². The van der Waals surface area contributed by atoms with Gasteiger partial charge < -0.3 is 14.6 Å². The van der Waals surface area contributed by atoms with Crippen LogP contribution in [0.25, 0.3) is 0 Å². The zero-order valence-corrected chi connectivity index (χ0v) is 11.7. The normalized spacial score (nSPS) is 25.6. The van der Waals surface area contributed by atoms with Gasteiger partial charge in [0, 0.05) is 11.8 Å². The van der Waals surface area contributed by atoms with Crippen LogP contribution in [0.2, 0.25) is 0 Å². The van der Waals surface area contributed by atoms with E-state index >= 15 is 0 Å². The Hall–Kier alpha value is -0.950. The van der Waals surface area contributed by atoms with E-state index in [0.29, 0.717) is 0 Å². The predicted octanol–water partition coefficient (Wildman–Crippen LogP) is -0.275. The molecule has 19 heavy (non-hydrogen) atoms. The lowest BCUT2D eigenvalue weighted by molar-refractivity contribution is -0.641. The molecule has 2 N–H and O–H groups in total. The summed E-state index contributed by atoms with van der Waals surface area (Å²) in [6, 6.07) is 5.78. The summed E-state index contributed by atoms with van der Waals surface area (Å²) in [6.07, 6.45) is 0. The number of nitrogens with two attached hydrogens (primary N) is 1. The Bertz CT molecular complexity index is 492. The van der Waals surface area contributed by atoms with Crippen LogP contribution < -0.4 is 5.32 Å². The number of hydrogen-bond acceptors (Lipinski definition) is 4. The molecule has 0 aliphatic carbocycles. The minimum Gasteiger partial charge on any atom is -0.744 e. The molecule has 2 atom stereocenters.